The van der Waals surface area contributed by atoms with Gasteiger partial charge in [0.15, 0.2) is 0 Å². The number of benzene rings is 1. The molecule has 0 bridgehead atoms. The molecular weight excluding hydrogens is 262 g/mol. The number of carboxylic acids is 1. The summed E-state index contributed by atoms with van der Waals surface area (Å²) in [5.74, 6) is -0.507. The largest absolute Gasteiger partial charge is 0.497 e. The topological polar surface area (TPSA) is 59.4 Å². The molecule has 0 aliphatic carbocycles. The van der Waals surface area contributed by atoms with Gasteiger partial charge in [0.05, 0.1) is 18.0 Å². The van der Waals surface area contributed by atoms with Crippen LogP contribution in [0, 0.1) is 5.92 Å². The number of aromatic nitrogens is 1. The highest BCUT2D eigenvalue weighted by molar-refractivity contribution is 7.09. The molecule has 1 unspecified atom stereocenters. The van der Waals surface area contributed by atoms with Crippen LogP contribution in [0.25, 0.3) is 0 Å². The first kappa shape index (κ1) is 13.5. The Hall–Kier alpha value is -1.88. The third kappa shape index (κ3) is 3.79. The van der Waals surface area contributed by atoms with Gasteiger partial charge in [-0.1, -0.05) is 12.1 Å². The molecule has 19 heavy (non-hydrogen) atoms. The summed E-state index contributed by atoms with van der Waals surface area (Å²) in [4.78, 5) is 15.5. The lowest BCUT2D eigenvalue weighted by atomic mass is 9.96. The number of nitrogens with zero attached hydrogens (tertiary/aromatic N) is 1. The fraction of sp³-hybridized carbons (Fsp3) is 0.286. The van der Waals surface area contributed by atoms with E-state index in [0.717, 1.165) is 16.3 Å². The van der Waals surface area contributed by atoms with Gasteiger partial charge in [0.2, 0.25) is 0 Å². The molecule has 1 N–H and O–H groups in total. The predicted molar refractivity (Wildman–Crippen MR) is 73.6 cm³/mol. The highest BCUT2D eigenvalue weighted by Gasteiger charge is 2.20. The predicted octanol–water partition coefficient (Wildman–Crippen LogP) is 2.64. The Morgan fingerprint density at radius 2 is 2.32 bits per heavy atom. The van der Waals surface area contributed by atoms with E-state index in [2.05, 4.69) is 4.98 Å². The maximum Gasteiger partial charge on any atom is 0.307 e. The number of hydrogen-bond donors (Lipinski definition) is 1. The third-order valence-corrected chi connectivity index (χ3v) is 3.67. The lowest BCUT2D eigenvalue weighted by molar-refractivity contribution is -0.141. The van der Waals surface area contributed by atoms with Crippen LogP contribution in [-0.2, 0) is 17.6 Å². The van der Waals surface area contributed by atoms with Gasteiger partial charge in [-0.05, 0) is 24.1 Å². The molecule has 1 aromatic carbocycles. The van der Waals surface area contributed by atoms with Gasteiger partial charge < -0.3 is 9.84 Å². The number of carboxylic acid groups (broad SMARTS) is 1. The van der Waals surface area contributed by atoms with Crippen LogP contribution >= 0.6 is 11.3 Å². The van der Waals surface area contributed by atoms with E-state index >= 15 is 0 Å². The summed E-state index contributed by atoms with van der Waals surface area (Å²) in [5, 5.41) is 12.0. The van der Waals surface area contributed by atoms with Gasteiger partial charge in [0.25, 0.3) is 0 Å². The van der Waals surface area contributed by atoms with Gasteiger partial charge in [-0.15, -0.1) is 11.3 Å². The Morgan fingerprint density at radius 3 is 2.95 bits per heavy atom. The van der Waals surface area contributed by atoms with Crippen molar-refractivity contribution in [3.8, 4) is 5.75 Å². The minimum atomic E-state index is -0.794. The van der Waals surface area contributed by atoms with Crippen molar-refractivity contribution >= 4 is 17.3 Å². The molecule has 5 heteroatoms. The highest BCUT2D eigenvalue weighted by Crippen LogP contribution is 2.19. The van der Waals surface area contributed by atoms with Gasteiger partial charge in [-0.25, -0.2) is 4.98 Å². The molecule has 0 spiro atoms. The summed E-state index contributed by atoms with van der Waals surface area (Å²) in [6.45, 7) is 0. The van der Waals surface area contributed by atoms with E-state index < -0.39 is 11.9 Å². The van der Waals surface area contributed by atoms with Crippen molar-refractivity contribution in [1.29, 1.82) is 0 Å². The number of aliphatic carboxylic acids is 1. The van der Waals surface area contributed by atoms with Gasteiger partial charge in [-0.2, -0.15) is 0 Å². The number of carbonyl (C=O) groups is 1. The zero-order valence-electron chi connectivity index (χ0n) is 10.6. The van der Waals surface area contributed by atoms with Crippen LogP contribution in [0.15, 0.2) is 35.8 Å². The van der Waals surface area contributed by atoms with Crippen molar-refractivity contribution in [2.24, 2.45) is 5.92 Å². The summed E-state index contributed by atoms with van der Waals surface area (Å²) in [5.41, 5.74) is 0.961. The smallest absolute Gasteiger partial charge is 0.307 e. The van der Waals surface area contributed by atoms with Crippen LogP contribution in [0.1, 0.15) is 10.6 Å². The lowest BCUT2D eigenvalue weighted by Gasteiger charge is -2.11. The SMILES string of the molecule is COc1cccc(CC(Cc2nccs2)C(=O)O)c1. The van der Waals surface area contributed by atoms with Crippen LogP contribution in [0.4, 0.5) is 0 Å². The molecule has 0 saturated heterocycles. The molecule has 1 aromatic heterocycles. The molecule has 0 amide bonds. The monoisotopic (exact) mass is 277 g/mol. The number of hydrogen-bond acceptors (Lipinski definition) is 4. The maximum absolute atomic E-state index is 11.3. The fourth-order valence-electron chi connectivity index (χ4n) is 1.90. The second-order valence-corrected chi connectivity index (χ2v) is 5.20. The van der Waals surface area contributed by atoms with E-state index in [1.807, 2.05) is 29.6 Å². The maximum atomic E-state index is 11.3. The molecule has 2 rings (SSSR count). The standard InChI is InChI=1S/C14H15NO3S/c1-18-12-4-2-3-10(8-12)7-11(14(16)17)9-13-15-5-6-19-13/h2-6,8,11H,7,9H2,1H3,(H,16,17). The van der Waals surface area contributed by atoms with E-state index in [1.165, 1.54) is 11.3 Å². The molecule has 0 aliphatic heterocycles. The molecule has 2 aromatic rings. The summed E-state index contributed by atoms with van der Waals surface area (Å²) < 4.78 is 5.15. The molecule has 4 nitrogen and oxygen atoms in total. The molecule has 0 fully saturated rings. The molecule has 0 aliphatic rings. The normalized spacial score (nSPS) is 12.1. The lowest BCUT2D eigenvalue weighted by Crippen LogP contribution is -2.19. The quantitative estimate of drug-likeness (QED) is 0.881. The van der Waals surface area contributed by atoms with E-state index in [1.54, 1.807) is 13.3 Å². The number of rotatable bonds is 6. The van der Waals surface area contributed by atoms with Crippen molar-refractivity contribution < 1.29 is 14.6 Å². The molecule has 1 heterocycles. The first-order valence-electron chi connectivity index (χ1n) is 5.93. The van der Waals surface area contributed by atoms with Gasteiger partial charge in [-0.3, -0.25) is 4.79 Å². The molecule has 100 valence electrons. The number of methoxy groups -OCH3 is 1. The van der Waals surface area contributed by atoms with Crippen LogP contribution < -0.4 is 4.74 Å². The molecular formula is C14H15NO3S. The highest BCUT2D eigenvalue weighted by atomic mass is 32.1. The third-order valence-electron chi connectivity index (χ3n) is 2.87. The van der Waals surface area contributed by atoms with Crippen molar-refractivity contribution in [3.05, 3.63) is 46.4 Å². The van der Waals surface area contributed by atoms with E-state index in [0.29, 0.717) is 12.8 Å². The molecule has 0 saturated carbocycles. The van der Waals surface area contributed by atoms with Crippen LogP contribution in [0.5, 0.6) is 5.75 Å². The average Bonchev–Trinajstić information content (AvgIpc) is 2.91. The summed E-state index contributed by atoms with van der Waals surface area (Å²) in [6, 6.07) is 7.51. The van der Waals surface area contributed by atoms with E-state index in [-0.39, 0.29) is 0 Å². The van der Waals surface area contributed by atoms with Gasteiger partial charge >= 0.3 is 5.97 Å². The van der Waals surface area contributed by atoms with Crippen molar-refractivity contribution in [2.75, 3.05) is 7.11 Å². The van der Waals surface area contributed by atoms with Crippen LogP contribution in [-0.4, -0.2) is 23.2 Å². The van der Waals surface area contributed by atoms with Crippen molar-refractivity contribution in [1.82, 2.24) is 4.98 Å². The summed E-state index contributed by atoms with van der Waals surface area (Å²) >= 11 is 1.49. The first-order chi connectivity index (χ1) is 9.19. The summed E-state index contributed by atoms with van der Waals surface area (Å²) in [6.07, 6.45) is 2.64. The first-order valence-corrected chi connectivity index (χ1v) is 6.81. The van der Waals surface area contributed by atoms with E-state index in [4.69, 9.17) is 4.74 Å². The Balaban J connectivity index is 2.09. The van der Waals surface area contributed by atoms with Gasteiger partial charge in [0, 0.05) is 18.0 Å². The van der Waals surface area contributed by atoms with Crippen LogP contribution in [0.3, 0.4) is 0 Å². The molecule has 0 radical (unpaired) electrons. The number of thiazole rings is 1. The van der Waals surface area contributed by atoms with E-state index in [9.17, 15) is 9.90 Å². The van der Waals surface area contributed by atoms with Crippen LogP contribution in [0.2, 0.25) is 0 Å². The molecule has 1 atom stereocenters. The number of ether oxygens (including phenoxy) is 1. The zero-order chi connectivity index (χ0) is 13.7. The minimum Gasteiger partial charge on any atom is -0.497 e. The minimum absolute atomic E-state index is 0.460. The van der Waals surface area contributed by atoms with Crippen molar-refractivity contribution in [2.45, 2.75) is 12.8 Å². The zero-order valence-corrected chi connectivity index (χ0v) is 11.4. The second kappa shape index (κ2) is 6.33. The summed E-state index contributed by atoms with van der Waals surface area (Å²) in [7, 11) is 1.60. The Labute approximate surface area is 115 Å². The van der Waals surface area contributed by atoms with Crippen molar-refractivity contribution in [3.63, 3.8) is 0 Å². The second-order valence-electron chi connectivity index (χ2n) is 4.22. The average molecular weight is 277 g/mol. The fourth-order valence-corrected chi connectivity index (χ4v) is 2.59. The Bertz CT molecular complexity index is 539. The van der Waals surface area contributed by atoms with Gasteiger partial charge in [0.1, 0.15) is 5.75 Å². The Kier molecular flexibility index (Phi) is 4.52. The Morgan fingerprint density at radius 1 is 1.47 bits per heavy atom.